The number of aromatic nitrogens is 2. The molecule has 0 spiro atoms. The van der Waals surface area contributed by atoms with Crippen LogP contribution in [0.15, 0.2) is 24.3 Å². The van der Waals surface area contributed by atoms with E-state index in [9.17, 15) is 0 Å². The van der Waals surface area contributed by atoms with Gasteiger partial charge in [-0.2, -0.15) is 0 Å². The zero-order valence-corrected chi connectivity index (χ0v) is 13.7. The second kappa shape index (κ2) is 6.76. The maximum atomic E-state index is 6.20. The highest BCUT2D eigenvalue weighted by Crippen LogP contribution is 2.25. The first-order valence-corrected chi connectivity index (χ1v) is 7.46. The van der Waals surface area contributed by atoms with Crippen molar-refractivity contribution in [1.82, 2.24) is 9.97 Å². The first-order valence-electron chi connectivity index (χ1n) is 7.08. The normalized spacial score (nSPS) is 10.5. The third-order valence-electron chi connectivity index (χ3n) is 3.23. The number of rotatable bonds is 5. The maximum Gasteiger partial charge on any atom is 0.138 e. The molecule has 0 atom stereocenters. The zero-order chi connectivity index (χ0) is 15.4. The molecule has 1 heterocycles. The van der Waals surface area contributed by atoms with Crippen molar-refractivity contribution in [3.05, 3.63) is 40.8 Å². The van der Waals surface area contributed by atoms with Crippen molar-refractivity contribution in [2.24, 2.45) is 0 Å². The molecule has 0 aliphatic heterocycles. The fraction of sp³-hybridized carbons (Fsp3) is 0.375. The summed E-state index contributed by atoms with van der Waals surface area (Å²) in [5, 5.41) is 3.86. The Morgan fingerprint density at radius 1 is 1.24 bits per heavy atom. The molecule has 1 N–H and O–H groups in total. The van der Waals surface area contributed by atoms with Crippen LogP contribution in [0.25, 0.3) is 0 Å². The van der Waals surface area contributed by atoms with E-state index in [4.69, 9.17) is 11.6 Å². The number of anilines is 3. The van der Waals surface area contributed by atoms with E-state index in [0.717, 1.165) is 41.4 Å². The van der Waals surface area contributed by atoms with Crippen molar-refractivity contribution in [3.8, 4) is 0 Å². The molecule has 0 aliphatic carbocycles. The third-order valence-corrected chi connectivity index (χ3v) is 3.60. The standard InChI is InChI=1S/C16H21ClN4/c1-5-7-14-19-15(17)11(2)16(20-14)18-12-8-6-9-13(10-12)21(3)4/h6,8-10H,5,7H2,1-4H3,(H,18,19,20). The average molecular weight is 305 g/mol. The number of hydrogen-bond donors (Lipinski definition) is 1. The van der Waals surface area contributed by atoms with Crippen LogP contribution in [0.3, 0.4) is 0 Å². The summed E-state index contributed by atoms with van der Waals surface area (Å²) in [4.78, 5) is 11.0. The Morgan fingerprint density at radius 2 is 2.00 bits per heavy atom. The monoisotopic (exact) mass is 304 g/mol. The van der Waals surface area contributed by atoms with Crippen molar-refractivity contribution in [2.75, 3.05) is 24.3 Å². The second-order valence-corrected chi connectivity index (χ2v) is 5.58. The van der Waals surface area contributed by atoms with Gasteiger partial charge in [0.1, 0.15) is 16.8 Å². The van der Waals surface area contributed by atoms with Crippen molar-refractivity contribution < 1.29 is 0 Å². The molecule has 2 rings (SSSR count). The molecule has 0 aliphatic rings. The summed E-state index contributed by atoms with van der Waals surface area (Å²) >= 11 is 6.20. The largest absolute Gasteiger partial charge is 0.378 e. The molecule has 5 heteroatoms. The highest BCUT2D eigenvalue weighted by molar-refractivity contribution is 6.30. The number of benzene rings is 1. The van der Waals surface area contributed by atoms with E-state index in [0.29, 0.717) is 5.15 Å². The Balaban J connectivity index is 2.32. The average Bonchev–Trinajstić information content (AvgIpc) is 2.45. The summed E-state index contributed by atoms with van der Waals surface area (Å²) in [6, 6.07) is 8.17. The molecule has 21 heavy (non-hydrogen) atoms. The van der Waals surface area contributed by atoms with E-state index in [1.165, 1.54) is 0 Å². The van der Waals surface area contributed by atoms with Gasteiger partial charge in [0.2, 0.25) is 0 Å². The van der Waals surface area contributed by atoms with Crippen LogP contribution in [-0.4, -0.2) is 24.1 Å². The van der Waals surface area contributed by atoms with Crippen LogP contribution in [0, 0.1) is 6.92 Å². The molecule has 0 bridgehead atoms. The minimum atomic E-state index is 0.514. The summed E-state index contributed by atoms with van der Waals surface area (Å²) in [5.41, 5.74) is 2.99. The first kappa shape index (κ1) is 15.6. The van der Waals surface area contributed by atoms with Crippen molar-refractivity contribution >= 4 is 28.8 Å². The predicted octanol–water partition coefficient (Wildman–Crippen LogP) is 4.20. The lowest BCUT2D eigenvalue weighted by molar-refractivity contribution is 0.833. The molecule has 0 fully saturated rings. The first-order chi connectivity index (χ1) is 10.0. The van der Waals surface area contributed by atoms with Gasteiger partial charge in [-0.15, -0.1) is 0 Å². The number of aryl methyl sites for hydroxylation is 1. The van der Waals surface area contributed by atoms with Crippen LogP contribution in [0.5, 0.6) is 0 Å². The smallest absolute Gasteiger partial charge is 0.138 e. The molecule has 2 aromatic rings. The van der Waals surface area contributed by atoms with Gasteiger partial charge in [-0.05, 0) is 31.5 Å². The molecule has 0 saturated carbocycles. The summed E-state index contributed by atoms with van der Waals surface area (Å²) in [6.07, 6.45) is 1.82. The van der Waals surface area contributed by atoms with Gasteiger partial charge >= 0.3 is 0 Å². The molecular weight excluding hydrogens is 284 g/mol. The summed E-state index contributed by atoms with van der Waals surface area (Å²) < 4.78 is 0. The number of nitrogens with one attached hydrogen (secondary N) is 1. The van der Waals surface area contributed by atoms with E-state index in [2.05, 4.69) is 39.2 Å². The van der Waals surface area contributed by atoms with Gasteiger partial charge in [-0.25, -0.2) is 9.97 Å². The Morgan fingerprint density at radius 3 is 2.67 bits per heavy atom. The minimum Gasteiger partial charge on any atom is -0.378 e. The van der Waals surface area contributed by atoms with Crippen LogP contribution in [0.1, 0.15) is 24.7 Å². The Kier molecular flexibility index (Phi) is 5.02. The molecule has 0 unspecified atom stereocenters. The fourth-order valence-electron chi connectivity index (χ4n) is 1.99. The van der Waals surface area contributed by atoms with Crippen LogP contribution < -0.4 is 10.2 Å². The Labute approximate surface area is 131 Å². The highest BCUT2D eigenvalue weighted by atomic mass is 35.5. The second-order valence-electron chi connectivity index (χ2n) is 5.22. The molecule has 4 nitrogen and oxygen atoms in total. The SMILES string of the molecule is CCCc1nc(Cl)c(C)c(Nc2cccc(N(C)C)c2)n1. The lowest BCUT2D eigenvalue weighted by Crippen LogP contribution is -2.09. The topological polar surface area (TPSA) is 41.1 Å². The highest BCUT2D eigenvalue weighted by Gasteiger charge is 2.09. The lowest BCUT2D eigenvalue weighted by Gasteiger charge is -2.15. The van der Waals surface area contributed by atoms with Gasteiger partial charge in [0.05, 0.1) is 0 Å². The van der Waals surface area contributed by atoms with Crippen LogP contribution in [0.2, 0.25) is 5.15 Å². The van der Waals surface area contributed by atoms with E-state index in [1.807, 2.05) is 33.2 Å². The number of hydrogen-bond acceptors (Lipinski definition) is 4. The Hall–Kier alpha value is -1.81. The molecule has 0 saturated heterocycles. The molecule has 112 valence electrons. The van der Waals surface area contributed by atoms with Gasteiger partial charge in [0, 0.05) is 37.5 Å². The number of nitrogens with zero attached hydrogens (tertiary/aromatic N) is 3. The molecular formula is C16H21ClN4. The molecule has 0 amide bonds. The molecule has 1 aromatic carbocycles. The summed E-state index contributed by atoms with van der Waals surface area (Å²) in [5.74, 6) is 1.55. The summed E-state index contributed by atoms with van der Waals surface area (Å²) in [7, 11) is 4.04. The minimum absolute atomic E-state index is 0.514. The van der Waals surface area contributed by atoms with Crippen LogP contribution >= 0.6 is 11.6 Å². The summed E-state index contributed by atoms with van der Waals surface area (Å²) in [6.45, 7) is 4.03. The van der Waals surface area contributed by atoms with Crippen molar-refractivity contribution in [1.29, 1.82) is 0 Å². The van der Waals surface area contributed by atoms with Gasteiger partial charge in [-0.1, -0.05) is 24.6 Å². The fourth-order valence-corrected chi connectivity index (χ4v) is 2.18. The third kappa shape index (κ3) is 3.85. The van der Waals surface area contributed by atoms with E-state index < -0.39 is 0 Å². The quantitative estimate of drug-likeness (QED) is 0.841. The lowest BCUT2D eigenvalue weighted by atomic mass is 10.2. The predicted molar refractivity (Wildman–Crippen MR) is 89.8 cm³/mol. The van der Waals surface area contributed by atoms with Crippen LogP contribution in [0.4, 0.5) is 17.2 Å². The van der Waals surface area contributed by atoms with Crippen LogP contribution in [-0.2, 0) is 6.42 Å². The van der Waals surface area contributed by atoms with Gasteiger partial charge in [0.25, 0.3) is 0 Å². The van der Waals surface area contributed by atoms with Crippen molar-refractivity contribution in [3.63, 3.8) is 0 Å². The van der Waals surface area contributed by atoms with E-state index in [-0.39, 0.29) is 0 Å². The maximum absolute atomic E-state index is 6.20. The van der Waals surface area contributed by atoms with Gasteiger partial charge in [-0.3, -0.25) is 0 Å². The molecule has 1 aromatic heterocycles. The van der Waals surface area contributed by atoms with E-state index >= 15 is 0 Å². The molecule has 0 radical (unpaired) electrons. The van der Waals surface area contributed by atoms with Gasteiger partial charge in [0.15, 0.2) is 0 Å². The van der Waals surface area contributed by atoms with E-state index in [1.54, 1.807) is 0 Å². The van der Waals surface area contributed by atoms with Crippen molar-refractivity contribution in [2.45, 2.75) is 26.7 Å². The zero-order valence-electron chi connectivity index (χ0n) is 12.9. The van der Waals surface area contributed by atoms with Gasteiger partial charge < -0.3 is 10.2 Å². The number of halogens is 1. The Bertz CT molecular complexity index is 626.